The van der Waals surface area contributed by atoms with E-state index in [1.807, 2.05) is 42.5 Å². The highest BCUT2D eigenvalue weighted by atomic mass is 35.5. The first-order valence-electron chi connectivity index (χ1n) is 12.5. The van der Waals surface area contributed by atoms with Crippen molar-refractivity contribution in [2.45, 2.75) is 43.8 Å². The number of pyridine rings is 1. The van der Waals surface area contributed by atoms with Crippen molar-refractivity contribution in [2.75, 3.05) is 26.7 Å². The van der Waals surface area contributed by atoms with Crippen molar-refractivity contribution in [1.82, 2.24) is 20.1 Å². The highest BCUT2D eigenvalue weighted by molar-refractivity contribution is 6.30. The molecule has 1 aromatic heterocycles. The molecule has 0 saturated carbocycles. The van der Waals surface area contributed by atoms with Crippen LogP contribution in [0.25, 0.3) is 0 Å². The summed E-state index contributed by atoms with van der Waals surface area (Å²) in [6.45, 7) is 3.15. The molecule has 1 amide bonds. The minimum Gasteiger partial charge on any atom is -0.341 e. The molecule has 35 heavy (non-hydrogen) atoms. The summed E-state index contributed by atoms with van der Waals surface area (Å²) in [5.74, 6) is 0.164. The smallest absolute Gasteiger partial charge is 0.240 e. The molecule has 1 N–H and O–H groups in total. The Morgan fingerprint density at radius 2 is 1.77 bits per heavy atom. The molecule has 5 rings (SSSR count). The molecule has 3 aromatic rings. The van der Waals surface area contributed by atoms with E-state index in [2.05, 4.69) is 51.4 Å². The zero-order chi connectivity index (χ0) is 24.3. The molecule has 1 saturated heterocycles. The van der Waals surface area contributed by atoms with Crippen molar-refractivity contribution in [2.24, 2.45) is 0 Å². The molecule has 0 bridgehead atoms. The molecular weight excluding hydrogens is 456 g/mol. The Hall–Kier alpha value is -2.73. The topological polar surface area (TPSA) is 48.5 Å². The quantitative estimate of drug-likeness (QED) is 0.557. The number of piperidine rings is 1. The zero-order valence-corrected chi connectivity index (χ0v) is 21.0. The second-order valence-electron chi connectivity index (χ2n) is 9.77. The fourth-order valence-electron chi connectivity index (χ4n) is 5.70. The maximum Gasteiger partial charge on any atom is 0.240 e. The van der Waals surface area contributed by atoms with Crippen molar-refractivity contribution >= 4 is 17.5 Å². The lowest BCUT2D eigenvalue weighted by Crippen LogP contribution is -2.57. The van der Waals surface area contributed by atoms with Gasteiger partial charge in [-0.2, -0.15) is 0 Å². The molecule has 1 spiro atoms. The number of hydrogen-bond donors (Lipinski definition) is 1. The average molecular weight is 489 g/mol. The largest absolute Gasteiger partial charge is 0.341 e. The summed E-state index contributed by atoms with van der Waals surface area (Å²) in [5, 5.41) is 4.20. The highest BCUT2D eigenvalue weighted by Gasteiger charge is 2.44. The van der Waals surface area contributed by atoms with E-state index in [9.17, 15) is 4.79 Å². The van der Waals surface area contributed by atoms with Gasteiger partial charge in [-0.05, 0) is 73.7 Å². The van der Waals surface area contributed by atoms with Gasteiger partial charge in [-0.1, -0.05) is 54.1 Å². The van der Waals surface area contributed by atoms with Crippen LogP contribution in [0.15, 0.2) is 72.9 Å². The summed E-state index contributed by atoms with van der Waals surface area (Å²) < 4.78 is 0. The number of amides is 1. The van der Waals surface area contributed by atoms with Gasteiger partial charge < -0.3 is 4.90 Å². The number of hydrogen-bond acceptors (Lipinski definition) is 4. The first-order valence-corrected chi connectivity index (χ1v) is 12.9. The number of nitrogens with zero attached hydrogens (tertiary/aromatic N) is 3. The Balaban J connectivity index is 1.31. The van der Waals surface area contributed by atoms with E-state index < -0.39 is 0 Å². The number of rotatable bonds is 6. The van der Waals surface area contributed by atoms with Crippen LogP contribution in [-0.2, 0) is 29.7 Å². The molecule has 2 aliphatic rings. The van der Waals surface area contributed by atoms with E-state index in [0.717, 1.165) is 50.2 Å². The molecule has 2 aliphatic heterocycles. The molecule has 0 aliphatic carbocycles. The van der Waals surface area contributed by atoms with Gasteiger partial charge >= 0.3 is 0 Å². The van der Waals surface area contributed by atoms with Crippen molar-refractivity contribution in [3.63, 3.8) is 0 Å². The molecule has 3 heterocycles. The normalized spacial score (nSPS) is 18.3. The van der Waals surface area contributed by atoms with Gasteiger partial charge in [0.05, 0.1) is 11.7 Å². The predicted molar refractivity (Wildman–Crippen MR) is 140 cm³/mol. The van der Waals surface area contributed by atoms with Crippen molar-refractivity contribution in [1.29, 1.82) is 0 Å². The number of likely N-dealkylation sites (N-methyl/N-ethyl adjacent to an activating group) is 1. The van der Waals surface area contributed by atoms with Gasteiger partial charge in [0.25, 0.3) is 0 Å². The molecule has 1 atom stereocenters. The molecule has 182 valence electrons. The Morgan fingerprint density at radius 1 is 1.03 bits per heavy atom. The number of benzene rings is 2. The summed E-state index contributed by atoms with van der Waals surface area (Å²) >= 11 is 6.09. The molecule has 2 aromatic carbocycles. The van der Waals surface area contributed by atoms with E-state index in [-0.39, 0.29) is 17.5 Å². The molecular formula is C29H33ClN4O. The van der Waals surface area contributed by atoms with Gasteiger partial charge in [0.1, 0.15) is 0 Å². The molecule has 0 radical (unpaired) electrons. The minimum atomic E-state index is -0.316. The summed E-state index contributed by atoms with van der Waals surface area (Å²) in [7, 11) is 2.24. The summed E-state index contributed by atoms with van der Waals surface area (Å²) in [6, 6.07) is 22.2. The fourth-order valence-corrected chi connectivity index (χ4v) is 5.83. The zero-order valence-electron chi connectivity index (χ0n) is 20.3. The second kappa shape index (κ2) is 10.5. The monoisotopic (exact) mass is 488 g/mol. The van der Waals surface area contributed by atoms with E-state index in [1.54, 1.807) is 6.20 Å². The maximum atomic E-state index is 13.8. The third kappa shape index (κ3) is 5.13. The number of halogens is 1. The number of carbonyl (C=O) groups excluding carboxylic acids is 1. The van der Waals surface area contributed by atoms with Crippen LogP contribution < -0.4 is 5.32 Å². The van der Waals surface area contributed by atoms with Crippen molar-refractivity contribution in [3.05, 3.63) is 100 Å². The number of carbonyl (C=O) groups is 1. The molecule has 6 heteroatoms. The van der Waals surface area contributed by atoms with Crippen LogP contribution in [0.1, 0.15) is 35.2 Å². The van der Waals surface area contributed by atoms with Gasteiger partial charge in [-0.3, -0.25) is 20.0 Å². The van der Waals surface area contributed by atoms with Gasteiger partial charge in [-0.15, -0.1) is 0 Å². The first kappa shape index (κ1) is 24.0. The predicted octanol–water partition coefficient (Wildman–Crippen LogP) is 4.44. The van der Waals surface area contributed by atoms with Gasteiger partial charge in [0, 0.05) is 42.9 Å². The number of aromatic nitrogens is 1. The molecule has 1 fully saturated rings. The Kier molecular flexibility index (Phi) is 7.19. The summed E-state index contributed by atoms with van der Waals surface area (Å²) in [4.78, 5) is 22.8. The summed E-state index contributed by atoms with van der Waals surface area (Å²) in [6.07, 6.45) is 5.42. The van der Waals surface area contributed by atoms with Gasteiger partial charge in [0.2, 0.25) is 5.91 Å². The van der Waals surface area contributed by atoms with Crippen LogP contribution in [0.2, 0.25) is 5.02 Å². The number of likely N-dealkylation sites (tertiary alicyclic amines) is 1. The lowest BCUT2D eigenvalue weighted by molar-refractivity contribution is -0.136. The van der Waals surface area contributed by atoms with Crippen LogP contribution in [0.3, 0.4) is 0 Å². The highest BCUT2D eigenvalue weighted by Crippen LogP contribution is 2.42. The Bertz CT molecular complexity index is 1140. The SMILES string of the molecule is CN1CCc2ccccc2C12CCN(C(=O)[C@@H](Cc1ccc(Cl)cc1)NCc1ccccn1)CC2. The maximum absolute atomic E-state index is 13.8. The first-order chi connectivity index (χ1) is 17.0. The van der Waals surface area contributed by atoms with E-state index >= 15 is 0 Å². The van der Waals surface area contributed by atoms with Crippen LogP contribution in [0, 0.1) is 0 Å². The van der Waals surface area contributed by atoms with E-state index in [1.165, 1.54) is 11.1 Å². The van der Waals surface area contributed by atoms with Gasteiger partial charge in [0.15, 0.2) is 0 Å². The van der Waals surface area contributed by atoms with Crippen LogP contribution in [0.5, 0.6) is 0 Å². The van der Waals surface area contributed by atoms with Crippen molar-refractivity contribution < 1.29 is 4.79 Å². The summed E-state index contributed by atoms with van der Waals surface area (Å²) in [5.41, 5.74) is 4.96. The molecule has 0 unspecified atom stereocenters. The number of nitrogens with one attached hydrogen (secondary N) is 1. The second-order valence-corrected chi connectivity index (χ2v) is 10.2. The van der Waals surface area contributed by atoms with Crippen molar-refractivity contribution in [3.8, 4) is 0 Å². The lowest BCUT2D eigenvalue weighted by Gasteiger charge is -2.51. The third-order valence-electron chi connectivity index (χ3n) is 7.78. The fraction of sp³-hybridized carbons (Fsp3) is 0.379. The van der Waals surface area contributed by atoms with Crippen LogP contribution in [0.4, 0.5) is 0 Å². The van der Waals surface area contributed by atoms with Crippen LogP contribution >= 0.6 is 11.6 Å². The Morgan fingerprint density at radius 3 is 2.51 bits per heavy atom. The number of fused-ring (bicyclic) bond motifs is 2. The lowest BCUT2D eigenvalue weighted by atomic mass is 9.74. The van der Waals surface area contributed by atoms with Crippen LogP contribution in [-0.4, -0.2) is 53.4 Å². The third-order valence-corrected chi connectivity index (χ3v) is 8.03. The van der Waals surface area contributed by atoms with Gasteiger partial charge in [-0.25, -0.2) is 0 Å². The average Bonchev–Trinajstić information content (AvgIpc) is 2.91. The Labute approximate surface area is 213 Å². The standard InChI is InChI=1S/C29H33ClN4O/c1-33-17-13-23-6-2-3-8-26(23)29(33)14-18-34(19-15-29)28(35)27(20-22-9-11-24(30)12-10-22)32-21-25-7-4-5-16-31-25/h2-12,16,27,32H,13-15,17-21H2,1H3/t27-/m1/s1. The van der Waals surface area contributed by atoms with E-state index in [4.69, 9.17) is 11.6 Å². The van der Waals surface area contributed by atoms with E-state index in [0.29, 0.717) is 18.0 Å². The minimum absolute atomic E-state index is 0.0265. The molecule has 5 nitrogen and oxygen atoms in total.